The van der Waals surface area contributed by atoms with Crippen molar-refractivity contribution >= 4 is 28.8 Å². The maximum atomic E-state index is 13.4. The first-order valence-corrected chi connectivity index (χ1v) is 11.6. The van der Waals surface area contributed by atoms with E-state index in [-0.39, 0.29) is 11.3 Å². The minimum atomic E-state index is -0.789. The SMILES string of the molecule is CCOc1cccc(N2C(=O)C(=O)/C(=C(/O)c3cc(C)ccc3C)C2c2ccc(N(C)C)cc2)c1. The Labute approximate surface area is 206 Å². The van der Waals surface area contributed by atoms with Crippen molar-refractivity contribution in [1.82, 2.24) is 0 Å². The zero-order valence-corrected chi connectivity index (χ0v) is 20.7. The van der Waals surface area contributed by atoms with Crippen LogP contribution < -0.4 is 14.5 Å². The highest BCUT2D eigenvalue weighted by Gasteiger charge is 2.47. The van der Waals surface area contributed by atoms with Crippen LogP contribution in [0, 0.1) is 13.8 Å². The van der Waals surface area contributed by atoms with Crippen molar-refractivity contribution in [1.29, 1.82) is 0 Å². The molecule has 0 spiro atoms. The maximum absolute atomic E-state index is 13.4. The number of aliphatic hydroxyl groups is 1. The number of anilines is 2. The van der Waals surface area contributed by atoms with E-state index in [0.717, 1.165) is 22.4 Å². The number of carbonyl (C=O) groups excluding carboxylic acids is 2. The number of carbonyl (C=O) groups is 2. The molecule has 0 radical (unpaired) electrons. The number of hydrogen-bond acceptors (Lipinski definition) is 5. The molecular formula is C29H30N2O4. The molecule has 1 aliphatic heterocycles. The quantitative estimate of drug-likeness (QED) is 0.297. The van der Waals surface area contributed by atoms with E-state index in [1.807, 2.05) is 82.2 Å². The van der Waals surface area contributed by atoms with Gasteiger partial charge in [0.15, 0.2) is 0 Å². The molecule has 1 heterocycles. The summed E-state index contributed by atoms with van der Waals surface area (Å²) >= 11 is 0. The molecule has 1 N–H and O–H groups in total. The number of rotatable bonds is 6. The summed E-state index contributed by atoms with van der Waals surface area (Å²) in [6.07, 6.45) is 0. The molecule has 3 aromatic rings. The van der Waals surface area contributed by atoms with Gasteiger partial charge in [0, 0.05) is 37.1 Å². The van der Waals surface area contributed by atoms with Gasteiger partial charge in [-0.15, -0.1) is 0 Å². The van der Waals surface area contributed by atoms with Crippen molar-refractivity contribution in [3.8, 4) is 5.75 Å². The van der Waals surface area contributed by atoms with Gasteiger partial charge in [-0.1, -0.05) is 35.9 Å². The fourth-order valence-corrected chi connectivity index (χ4v) is 4.39. The second-order valence-electron chi connectivity index (χ2n) is 8.90. The van der Waals surface area contributed by atoms with Crippen LogP contribution in [0.15, 0.2) is 72.3 Å². The third-order valence-electron chi connectivity index (χ3n) is 6.22. The Morgan fingerprint density at radius 3 is 2.37 bits per heavy atom. The van der Waals surface area contributed by atoms with Gasteiger partial charge in [0.05, 0.1) is 18.2 Å². The standard InChI is InChI=1S/C29H30N2O4/c1-6-35-23-9-7-8-22(17-23)31-26(20-12-14-21(15-13-20)30(4)5)25(28(33)29(31)34)27(32)24-16-18(2)10-11-19(24)3/h7-17,26,32H,6H2,1-5H3/b27-25+. The molecule has 0 aromatic heterocycles. The molecular weight excluding hydrogens is 440 g/mol. The lowest BCUT2D eigenvalue weighted by Gasteiger charge is -2.26. The molecule has 6 heteroatoms. The van der Waals surface area contributed by atoms with E-state index in [4.69, 9.17) is 4.74 Å². The number of Topliss-reactive ketones (excluding diaryl/α,β-unsaturated/α-hetero) is 1. The number of ketones is 1. The predicted octanol–water partition coefficient (Wildman–Crippen LogP) is 5.39. The molecule has 6 nitrogen and oxygen atoms in total. The molecule has 3 aromatic carbocycles. The first-order chi connectivity index (χ1) is 16.7. The van der Waals surface area contributed by atoms with Crippen molar-refractivity contribution in [2.45, 2.75) is 26.8 Å². The molecule has 0 saturated carbocycles. The Hall–Kier alpha value is -4.06. The van der Waals surface area contributed by atoms with Gasteiger partial charge in [0.1, 0.15) is 11.5 Å². The number of hydrogen-bond donors (Lipinski definition) is 1. The van der Waals surface area contributed by atoms with Crippen LogP contribution in [0.4, 0.5) is 11.4 Å². The summed E-state index contributed by atoms with van der Waals surface area (Å²) < 4.78 is 5.63. The molecule has 1 atom stereocenters. The zero-order valence-electron chi connectivity index (χ0n) is 20.7. The molecule has 1 saturated heterocycles. The Balaban J connectivity index is 1.94. The van der Waals surface area contributed by atoms with E-state index < -0.39 is 17.7 Å². The van der Waals surface area contributed by atoms with Crippen molar-refractivity contribution in [2.24, 2.45) is 0 Å². The molecule has 1 fully saturated rings. The van der Waals surface area contributed by atoms with Gasteiger partial charge in [-0.05, 0) is 62.2 Å². The number of amides is 1. The van der Waals surface area contributed by atoms with E-state index >= 15 is 0 Å². The lowest BCUT2D eigenvalue weighted by atomic mass is 9.93. The third-order valence-corrected chi connectivity index (χ3v) is 6.22. The largest absolute Gasteiger partial charge is 0.507 e. The van der Waals surface area contributed by atoms with Crippen molar-refractivity contribution < 1.29 is 19.4 Å². The number of benzene rings is 3. The van der Waals surface area contributed by atoms with Gasteiger partial charge in [0.25, 0.3) is 11.7 Å². The lowest BCUT2D eigenvalue weighted by Crippen LogP contribution is -2.29. The van der Waals surface area contributed by atoms with Crippen molar-refractivity contribution in [3.63, 3.8) is 0 Å². The monoisotopic (exact) mass is 470 g/mol. The van der Waals surface area contributed by atoms with Crippen LogP contribution in [0.25, 0.3) is 5.76 Å². The van der Waals surface area contributed by atoms with Crippen molar-refractivity contribution in [2.75, 3.05) is 30.5 Å². The van der Waals surface area contributed by atoms with E-state index in [2.05, 4.69) is 0 Å². The molecule has 1 unspecified atom stereocenters. The summed E-state index contributed by atoms with van der Waals surface area (Å²) in [5.74, 6) is -0.975. The Bertz CT molecular complexity index is 1310. The number of aliphatic hydroxyl groups excluding tert-OH is 1. The Kier molecular flexibility index (Phi) is 6.65. The van der Waals surface area contributed by atoms with Crippen LogP contribution in [0.3, 0.4) is 0 Å². The van der Waals surface area contributed by atoms with E-state index in [9.17, 15) is 14.7 Å². The summed E-state index contributed by atoms with van der Waals surface area (Å²) in [5, 5.41) is 11.4. The molecule has 1 aliphatic rings. The Morgan fingerprint density at radius 1 is 1.00 bits per heavy atom. The predicted molar refractivity (Wildman–Crippen MR) is 139 cm³/mol. The highest BCUT2D eigenvalue weighted by molar-refractivity contribution is 6.51. The van der Waals surface area contributed by atoms with Crippen LogP contribution in [0.2, 0.25) is 0 Å². The number of nitrogens with zero attached hydrogens (tertiary/aromatic N) is 2. The normalized spacial score (nSPS) is 17.1. The van der Waals surface area contributed by atoms with E-state index in [1.165, 1.54) is 4.90 Å². The highest BCUT2D eigenvalue weighted by atomic mass is 16.5. The second-order valence-corrected chi connectivity index (χ2v) is 8.90. The van der Waals surface area contributed by atoms with Crippen LogP contribution >= 0.6 is 0 Å². The smallest absolute Gasteiger partial charge is 0.300 e. The maximum Gasteiger partial charge on any atom is 0.300 e. The third kappa shape index (κ3) is 4.52. The van der Waals surface area contributed by atoms with Crippen LogP contribution in [-0.4, -0.2) is 37.5 Å². The topological polar surface area (TPSA) is 70.1 Å². The average Bonchev–Trinajstić information content (AvgIpc) is 3.11. The fraction of sp³-hybridized carbons (Fsp3) is 0.241. The van der Waals surface area contributed by atoms with Gasteiger partial charge in [-0.3, -0.25) is 14.5 Å². The van der Waals surface area contributed by atoms with E-state index in [0.29, 0.717) is 23.6 Å². The molecule has 35 heavy (non-hydrogen) atoms. The first kappa shape index (κ1) is 24.1. The van der Waals surface area contributed by atoms with Gasteiger partial charge in [0.2, 0.25) is 0 Å². The number of aryl methyl sites for hydroxylation is 2. The van der Waals surface area contributed by atoms with Gasteiger partial charge in [-0.25, -0.2) is 0 Å². The zero-order chi connectivity index (χ0) is 25.3. The summed E-state index contributed by atoms with van der Waals surface area (Å²) in [5.41, 5.74) is 4.62. The summed E-state index contributed by atoms with van der Waals surface area (Å²) in [7, 11) is 3.89. The van der Waals surface area contributed by atoms with Gasteiger partial charge >= 0.3 is 0 Å². The summed E-state index contributed by atoms with van der Waals surface area (Å²) in [6.45, 7) is 6.15. The molecule has 0 aliphatic carbocycles. The molecule has 4 rings (SSSR count). The minimum absolute atomic E-state index is 0.0723. The first-order valence-electron chi connectivity index (χ1n) is 11.6. The number of ether oxygens (including phenoxy) is 1. The fourth-order valence-electron chi connectivity index (χ4n) is 4.39. The summed E-state index contributed by atoms with van der Waals surface area (Å²) in [4.78, 5) is 30.3. The van der Waals surface area contributed by atoms with Crippen LogP contribution in [0.1, 0.15) is 35.2 Å². The lowest BCUT2D eigenvalue weighted by molar-refractivity contribution is -0.132. The van der Waals surface area contributed by atoms with Gasteiger partial charge in [-0.2, -0.15) is 0 Å². The van der Waals surface area contributed by atoms with Crippen LogP contribution in [0.5, 0.6) is 5.75 Å². The molecule has 180 valence electrons. The summed E-state index contributed by atoms with van der Waals surface area (Å²) in [6, 6.07) is 19.6. The second kappa shape index (κ2) is 9.66. The van der Waals surface area contributed by atoms with Gasteiger partial charge < -0.3 is 14.7 Å². The average molecular weight is 471 g/mol. The van der Waals surface area contributed by atoms with Crippen LogP contribution in [-0.2, 0) is 9.59 Å². The van der Waals surface area contributed by atoms with E-state index in [1.54, 1.807) is 24.3 Å². The Morgan fingerprint density at radius 2 is 1.71 bits per heavy atom. The molecule has 0 bridgehead atoms. The minimum Gasteiger partial charge on any atom is -0.507 e. The highest BCUT2D eigenvalue weighted by Crippen LogP contribution is 2.43. The van der Waals surface area contributed by atoms with Crippen molar-refractivity contribution in [3.05, 3.63) is 94.6 Å². The molecule has 1 amide bonds.